The van der Waals surface area contributed by atoms with Gasteiger partial charge in [0, 0.05) is 30.5 Å². The summed E-state index contributed by atoms with van der Waals surface area (Å²) in [5, 5.41) is 23.7. The molecular formula is C13H24N6O6S. The van der Waals surface area contributed by atoms with Gasteiger partial charge in [0.15, 0.2) is 0 Å². The fourth-order valence-electron chi connectivity index (χ4n) is 1.65. The van der Waals surface area contributed by atoms with Crippen LogP contribution in [0.1, 0.15) is 0 Å². The van der Waals surface area contributed by atoms with E-state index in [4.69, 9.17) is 44.9 Å². The van der Waals surface area contributed by atoms with Crippen molar-refractivity contribution < 1.29 is 27.7 Å². The van der Waals surface area contributed by atoms with Crippen LogP contribution >= 0.6 is 0 Å². The Labute approximate surface area is 150 Å². The maximum atomic E-state index is 8.83. The Balaban J connectivity index is 0.000000431. The van der Waals surface area contributed by atoms with E-state index < -0.39 is 10.4 Å². The molecule has 0 aliphatic carbocycles. The molecule has 2 aromatic rings. The molecular weight excluding hydrogens is 368 g/mol. The van der Waals surface area contributed by atoms with Crippen LogP contribution in [0.2, 0.25) is 0 Å². The van der Waals surface area contributed by atoms with Crippen LogP contribution < -0.4 is 22.1 Å². The molecule has 0 fully saturated rings. The topological polar surface area (TPSA) is 225 Å². The molecule has 12 nitrogen and oxygen atoms in total. The average Bonchev–Trinajstić information content (AvgIpc) is 2.90. The number of aromatic amines is 1. The van der Waals surface area contributed by atoms with E-state index in [0.29, 0.717) is 30.4 Å². The third-order valence-electron chi connectivity index (χ3n) is 2.62. The molecule has 13 heteroatoms. The minimum Gasteiger partial charge on any atom is -0.399 e. The molecule has 0 radical (unpaired) electrons. The van der Waals surface area contributed by atoms with E-state index in [-0.39, 0.29) is 13.2 Å². The highest BCUT2D eigenvalue weighted by atomic mass is 32.3. The molecule has 0 bridgehead atoms. The molecule has 148 valence electrons. The second kappa shape index (κ2) is 11.9. The van der Waals surface area contributed by atoms with Gasteiger partial charge in [-0.3, -0.25) is 14.2 Å². The molecule has 0 atom stereocenters. The number of rotatable bonds is 5. The van der Waals surface area contributed by atoms with E-state index in [1.165, 1.54) is 0 Å². The SMILES string of the molecule is Nc1cc(N)[nH]n1.Nc1ccc(N(CCO)CCO)cc1.O=S(=O)(O)O. The fourth-order valence-corrected chi connectivity index (χ4v) is 1.65. The van der Waals surface area contributed by atoms with Gasteiger partial charge in [-0.25, -0.2) is 0 Å². The van der Waals surface area contributed by atoms with Gasteiger partial charge in [-0.15, -0.1) is 0 Å². The van der Waals surface area contributed by atoms with Gasteiger partial charge in [-0.1, -0.05) is 0 Å². The minimum absolute atomic E-state index is 0.0738. The Kier molecular flexibility index (Phi) is 10.7. The molecule has 0 saturated carbocycles. The van der Waals surface area contributed by atoms with Crippen molar-refractivity contribution in [1.29, 1.82) is 0 Å². The first kappa shape index (κ1) is 23.4. The number of benzene rings is 1. The second-order valence-corrected chi connectivity index (χ2v) is 5.62. The lowest BCUT2D eigenvalue weighted by Crippen LogP contribution is -2.29. The lowest BCUT2D eigenvalue weighted by Gasteiger charge is -2.22. The molecule has 0 unspecified atom stereocenters. The zero-order valence-electron chi connectivity index (χ0n) is 13.9. The molecule has 1 heterocycles. The molecule has 1 aromatic carbocycles. The van der Waals surface area contributed by atoms with Gasteiger partial charge in [-0.05, 0) is 24.3 Å². The first-order valence-corrected chi connectivity index (χ1v) is 8.55. The fraction of sp³-hybridized carbons (Fsp3) is 0.308. The molecule has 0 saturated heterocycles. The molecule has 0 aliphatic rings. The van der Waals surface area contributed by atoms with E-state index in [1.54, 1.807) is 18.2 Å². The number of nitrogens with zero attached hydrogens (tertiary/aromatic N) is 2. The summed E-state index contributed by atoms with van der Waals surface area (Å²) < 4.78 is 31.6. The maximum absolute atomic E-state index is 8.83. The van der Waals surface area contributed by atoms with Crippen molar-refractivity contribution in [2.45, 2.75) is 0 Å². The number of aromatic nitrogens is 2. The van der Waals surface area contributed by atoms with Crippen molar-refractivity contribution in [3.63, 3.8) is 0 Å². The number of hydrogen-bond acceptors (Lipinski definition) is 9. The van der Waals surface area contributed by atoms with Crippen molar-refractivity contribution in [3.8, 4) is 0 Å². The molecule has 1 aromatic heterocycles. The minimum atomic E-state index is -4.67. The summed E-state index contributed by atoms with van der Waals surface area (Å²) in [6.45, 7) is 1.18. The highest BCUT2D eigenvalue weighted by molar-refractivity contribution is 7.79. The number of aliphatic hydroxyl groups excluding tert-OH is 2. The number of nitrogen functional groups attached to an aromatic ring is 3. The number of nitrogens with one attached hydrogen (secondary N) is 1. The van der Waals surface area contributed by atoms with Crippen LogP contribution in [0.4, 0.5) is 23.0 Å². The Hall–Kier alpha value is -2.58. The number of hydrogen-bond donors (Lipinski definition) is 8. The molecule has 0 amide bonds. The van der Waals surface area contributed by atoms with Gasteiger partial charge < -0.3 is 32.3 Å². The second-order valence-electron chi connectivity index (χ2n) is 4.72. The Morgan fingerprint density at radius 1 is 1.00 bits per heavy atom. The monoisotopic (exact) mass is 392 g/mol. The van der Waals surface area contributed by atoms with Gasteiger partial charge in [0.1, 0.15) is 11.6 Å². The van der Waals surface area contributed by atoms with Crippen LogP contribution in [0, 0.1) is 0 Å². The molecule has 0 aliphatic heterocycles. The highest BCUT2D eigenvalue weighted by Crippen LogP contribution is 2.15. The molecule has 26 heavy (non-hydrogen) atoms. The third-order valence-corrected chi connectivity index (χ3v) is 2.62. The maximum Gasteiger partial charge on any atom is 0.394 e. The lowest BCUT2D eigenvalue weighted by atomic mass is 10.2. The quantitative estimate of drug-likeness (QED) is 0.227. The highest BCUT2D eigenvalue weighted by Gasteiger charge is 2.03. The summed E-state index contributed by atoms with van der Waals surface area (Å²) in [7, 11) is -4.67. The first-order chi connectivity index (χ1) is 12.1. The van der Waals surface area contributed by atoms with Crippen molar-refractivity contribution in [2.24, 2.45) is 0 Å². The molecule has 11 N–H and O–H groups in total. The van der Waals surface area contributed by atoms with Crippen molar-refractivity contribution in [2.75, 3.05) is 48.4 Å². The lowest BCUT2D eigenvalue weighted by molar-refractivity contribution is 0.281. The van der Waals surface area contributed by atoms with E-state index in [1.807, 2.05) is 17.0 Å². The predicted molar refractivity (Wildman–Crippen MR) is 98.8 cm³/mol. The van der Waals surface area contributed by atoms with Crippen molar-refractivity contribution in [1.82, 2.24) is 10.2 Å². The summed E-state index contributed by atoms with van der Waals surface area (Å²) >= 11 is 0. The summed E-state index contributed by atoms with van der Waals surface area (Å²) in [6.07, 6.45) is 0. The van der Waals surface area contributed by atoms with E-state index in [0.717, 1.165) is 5.69 Å². The van der Waals surface area contributed by atoms with Crippen LogP contribution in [0.15, 0.2) is 30.3 Å². The van der Waals surface area contributed by atoms with Gasteiger partial charge >= 0.3 is 10.4 Å². The Bertz CT molecular complexity index is 690. The number of aliphatic hydroxyl groups is 2. The van der Waals surface area contributed by atoms with E-state index in [2.05, 4.69) is 10.2 Å². The Morgan fingerprint density at radius 2 is 1.46 bits per heavy atom. The number of anilines is 4. The standard InChI is InChI=1S/C10H16N2O2.C3H6N4.H2O4S/c11-9-1-3-10(4-2-9)12(5-7-13)6-8-14;4-2-1-3(5)7-6-2;1-5(2,3)4/h1-4,13-14H,5-8,11H2;1H,(H5,4,5,6,7);(H2,1,2,3,4). The summed E-state index contributed by atoms with van der Waals surface area (Å²) in [5.74, 6) is 0.926. The van der Waals surface area contributed by atoms with Crippen LogP contribution in [0.5, 0.6) is 0 Å². The third kappa shape index (κ3) is 12.8. The summed E-state index contributed by atoms with van der Waals surface area (Å²) in [5.41, 5.74) is 17.6. The van der Waals surface area contributed by atoms with Crippen molar-refractivity contribution >= 4 is 33.4 Å². The van der Waals surface area contributed by atoms with E-state index >= 15 is 0 Å². The van der Waals surface area contributed by atoms with Crippen LogP contribution in [-0.2, 0) is 10.4 Å². The zero-order chi connectivity index (χ0) is 20.2. The summed E-state index contributed by atoms with van der Waals surface area (Å²) in [6, 6.07) is 8.91. The molecule has 2 rings (SSSR count). The number of H-pyrrole nitrogens is 1. The largest absolute Gasteiger partial charge is 0.399 e. The van der Waals surface area contributed by atoms with Crippen LogP contribution in [-0.4, -0.2) is 64.2 Å². The Morgan fingerprint density at radius 3 is 1.73 bits per heavy atom. The van der Waals surface area contributed by atoms with Crippen molar-refractivity contribution in [3.05, 3.63) is 30.3 Å². The normalized spacial score (nSPS) is 10.2. The smallest absolute Gasteiger partial charge is 0.394 e. The zero-order valence-corrected chi connectivity index (χ0v) is 14.7. The summed E-state index contributed by atoms with van der Waals surface area (Å²) in [4.78, 5) is 1.90. The average molecular weight is 392 g/mol. The molecule has 0 spiro atoms. The van der Waals surface area contributed by atoms with Gasteiger partial charge in [-0.2, -0.15) is 13.5 Å². The van der Waals surface area contributed by atoms with Crippen LogP contribution in [0.25, 0.3) is 0 Å². The van der Waals surface area contributed by atoms with Gasteiger partial charge in [0.25, 0.3) is 0 Å². The van der Waals surface area contributed by atoms with Gasteiger partial charge in [0.2, 0.25) is 0 Å². The van der Waals surface area contributed by atoms with E-state index in [9.17, 15) is 0 Å². The predicted octanol–water partition coefficient (Wildman–Crippen LogP) is -1.02. The van der Waals surface area contributed by atoms with Gasteiger partial charge in [0.05, 0.1) is 13.2 Å². The number of nitrogens with two attached hydrogens (primary N) is 3. The van der Waals surface area contributed by atoms with Crippen LogP contribution in [0.3, 0.4) is 0 Å². The first-order valence-electron chi connectivity index (χ1n) is 7.15.